The number of carboxylic acids is 1. The molecule has 1 heterocycles. The summed E-state index contributed by atoms with van der Waals surface area (Å²) in [5, 5.41) is 16.5. The summed E-state index contributed by atoms with van der Waals surface area (Å²) in [6.07, 6.45) is 3.52. The fraction of sp³-hybridized carbons (Fsp3) is 0.346. The number of aromatic carboxylic acids is 1. The summed E-state index contributed by atoms with van der Waals surface area (Å²) >= 11 is 6.05. The number of hydrogen-bond donors (Lipinski definition) is 2. The van der Waals surface area contributed by atoms with E-state index in [2.05, 4.69) is 10.4 Å². The van der Waals surface area contributed by atoms with Crippen LogP contribution in [0.2, 0.25) is 5.02 Å². The Kier molecular flexibility index (Phi) is 8.56. The van der Waals surface area contributed by atoms with Gasteiger partial charge in [-0.3, -0.25) is 4.79 Å². The monoisotopic (exact) mass is 515 g/mol. The highest BCUT2D eigenvalue weighted by atomic mass is 35.5. The van der Waals surface area contributed by atoms with Crippen LogP contribution >= 0.6 is 11.6 Å². The normalized spacial score (nSPS) is 17.5. The lowest BCUT2D eigenvalue weighted by molar-refractivity contribution is -0.124. The van der Waals surface area contributed by atoms with Gasteiger partial charge in [0, 0.05) is 11.6 Å². The van der Waals surface area contributed by atoms with Crippen LogP contribution in [0.25, 0.3) is 0 Å². The molecule has 1 aliphatic carbocycles. The van der Waals surface area contributed by atoms with Crippen LogP contribution in [-0.2, 0) is 29.3 Å². The number of amides is 1. The fourth-order valence-corrected chi connectivity index (χ4v) is 4.37. The van der Waals surface area contributed by atoms with Gasteiger partial charge in [-0.25, -0.2) is 13.9 Å². The summed E-state index contributed by atoms with van der Waals surface area (Å²) in [6, 6.07) is 14.8. The Bertz CT molecular complexity index is 1200. The van der Waals surface area contributed by atoms with Crippen molar-refractivity contribution in [3.8, 4) is 5.88 Å². The molecule has 0 radical (unpaired) electrons. The smallest absolute Gasteiger partial charge is 0.356 e. The molecule has 0 bridgehead atoms. The van der Waals surface area contributed by atoms with E-state index in [4.69, 9.17) is 21.1 Å². The molecule has 36 heavy (non-hydrogen) atoms. The van der Waals surface area contributed by atoms with Gasteiger partial charge in [0.2, 0.25) is 11.8 Å². The molecule has 3 aromatic rings. The van der Waals surface area contributed by atoms with Gasteiger partial charge in [-0.15, -0.1) is 0 Å². The zero-order valence-electron chi connectivity index (χ0n) is 19.5. The Labute approximate surface area is 213 Å². The van der Waals surface area contributed by atoms with E-state index in [-0.39, 0.29) is 47.8 Å². The van der Waals surface area contributed by atoms with Crippen LogP contribution in [0.15, 0.2) is 54.6 Å². The number of benzene rings is 2. The van der Waals surface area contributed by atoms with Crippen LogP contribution in [-0.4, -0.2) is 38.9 Å². The Morgan fingerprint density at radius 1 is 1.11 bits per heavy atom. The molecule has 4 rings (SSSR count). The second-order valence-electron chi connectivity index (χ2n) is 8.65. The van der Waals surface area contributed by atoms with Crippen molar-refractivity contribution in [3.05, 3.63) is 82.3 Å². The van der Waals surface area contributed by atoms with E-state index >= 15 is 0 Å². The van der Waals surface area contributed by atoms with Gasteiger partial charge in [0.25, 0.3) is 0 Å². The van der Waals surface area contributed by atoms with Crippen molar-refractivity contribution in [2.24, 2.45) is 0 Å². The third-order valence-electron chi connectivity index (χ3n) is 6.00. The van der Waals surface area contributed by atoms with Crippen LogP contribution in [0.5, 0.6) is 5.88 Å². The van der Waals surface area contributed by atoms with Gasteiger partial charge >= 0.3 is 5.97 Å². The molecule has 2 unspecified atom stereocenters. The second-order valence-corrected chi connectivity index (χ2v) is 9.06. The number of ether oxygens (including phenoxy) is 2. The summed E-state index contributed by atoms with van der Waals surface area (Å²) < 4.78 is 26.3. The third kappa shape index (κ3) is 6.83. The SMILES string of the molecule is O=C(Cn1nc(C(=O)O)cc1OCc1ccc(F)cc1Cl)NC1CCCCC1OCc1ccccc1. The first kappa shape index (κ1) is 25.7. The Hall–Kier alpha value is -3.43. The van der Waals surface area contributed by atoms with Gasteiger partial charge in [0.15, 0.2) is 5.69 Å². The molecule has 0 saturated heterocycles. The van der Waals surface area contributed by atoms with Gasteiger partial charge in [-0.1, -0.05) is 60.8 Å². The molecule has 1 aromatic heterocycles. The van der Waals surface area contributed by atoms with Gasteiger partial charge in [0.05, 0.1) is 23.8 Å². The first-order valence-corrected chi connectivity index (χ1v) is 12.1. The van der Waals surface area contributed by atoms with Gasteiger partial charge in [0.1, 0.15) is 19.0 Å². The third-order valence-corrected chi connectivity index (χ3v) is 6.35. The first-order chi connectivity index (χ1) is 17.4. The topological polar surface area (TPSA) is 103 Å². The molecule has 10 heteroatoms. The average Bonchev–Trinajstić information content (AvgIpc) is 3.26. The fourth-order valence-electron chi connectivity index (χ4n) is 4.15. The van der Waals surface area contributed by atoms with Crippen LogP contribution in [0.3, 0.4) is 0 Å². The zero-order chi connectivity index (χ0) is 25.5. The molecule has 8 nitrogen and oxygen atoms in total. The highest BCUT2D eigenvalue weighted by Crippen LogP contribution is 2.24. The maximum absolute atomic E-state index is 13.3. The largest absolute Gasteiger partial charge is 0.476 e. The minimum Gasteiger partial charge on any atom is -0.476 e. The molecule has 1 saturated carbocycles. The molecule has 1 fully saturated rings. The maximum atomic E-state index is 13.3. The van der Waals surface area contributed by atoms with Crippen LogP contribution in [0, 0.1) is 5.82 Å². The molecule has 1 amide bonds. The molecule has 2 N–H and O–H groups in total. The Morgan fingerprint density at radius 3 is 2.64 bits per heavy atom. The van der Waals surface area contributed by atoms with E-state index in [1.54, 1.807) is 0 Å². The van der Waals surface area contributed by atoms with E-state index in [9.17, 15) is 19.1 Å². The van der Waals surface area contributed by atoms with Gasteiger partial charge in [-0.05, 0) is 30.5 Å². The summed E-state index contributed by atoms with van der Waals surface area (Å²) in [4.78, 5) is 24.4. The Balaban J connectivity index is 1.40. The number of aromatic nitrogens is 2. The lowest BCUT2D eigenvalue weighted by Crippen LogP contribution is -2.47. The quantitative estimate of drug-likeness (QED) is 0.409. The Morgan fingerprint density at radius 2 is 1.89 bits per heavy atom. The summed E-state index contributed by atoms with van der Waals surface area (Å²) in [7, 11) is 0. The minimum atomic E-state index is -1.25. The van der Waals surface area contributed by atoms with Gasteiger partial charge < -0.3 is 19.9 Å². The molecule has 1 aliphatic rings. The molecular formula is C26H27ClFN3O5. The summed E-state index contributed by atoms with van der Waals surface area (Å²) in [6.45, 7) is 0.175. The molecule has 0 aliphatic heterocycles. The van der Waals surface area contributed by atoms with Crippen LogP contribution in [0.1, 0.15) is 47.3 Å². The number of hydrogen-bond acceptors (Lipinski definition) is 5. The van der Waals surface area contributed by atoms with Crippen molar-refractivity contribution in [3.63, 3.8) is 0 Å². The predicted octanol–water partition coefficient (Wildman–Crippen LogP) is 4.60. The zero-order valence-corrected chi connectivity index (χ0v) is 20.3. The number of nitrogens with one attached hydrogen (secondary N) is 1. The van der Waals surface area contributed by atoms with Crippen molar-refractivity contribution in [1.82, 2.24) is 15.1 Å². The lowest BCUT2D eigenvalue weighted by Gasteiger charge is -2.32. The predicted molar refractivity (Wildman–Crippen MR) is 130 cm³/mol. The number of nitrogens with zero attached hydrogens (tertiary/aromatic N) is 2. The summed E-state index contributed by atoms with van der Waals surface area (Å²) in [5.41, 5.74) is 1.31. The minimum absolute atomic E-state index is 0.0521. The molecule has 190 valence electrons. The highest BCUT2D eigenvalue weighted by molar-refractivity contribution is 6.31. The van der Waals surface area contributed by atoms with E-state index in [1.807, 2.05) is 30.3 Å². The number of carboxylic acid groups (broad SMARTS) is 1. The second kappa shape index (κ2) is 12.0. The molecule has 0 spiro atoms. The van der Waals surface area contributed by atoms with Crippen molar-refractivity contribution < 1.29 is 28.6 Å². The van der Waals surface area contributed by atoms with Crippen molar-refractivity contribution in [2.75, 3.05) is 0 Å². The lowest BCUT2D eigenvalue weighted by atomic mass is 9.92. The summed E-state index contributed by atoms with van der Waals surface area (Å²) in [5.74, 6) is -1.98. The first-order valence-electron chi connectivity index (χ1n) is 11.7. The van der Waals surface area contributed by atoms with E-state index < -0.39 is 11.8 Å². The number of carbonyl (C=O) groups is 2. The van der Waals surface area contributed by atoms with Crippen molar-refractivity contribution >= 4 is 23.5 Å². The van der Waals surface area contributed by atoms with Crippen molar-refractivity contribution in [2.45, 2.75) is 57.6 Å². The van der Waals surface area contributed by atoms with E-state index in [0.717, 1.165) is 37.3 Å². The van der Waals surface area contributed by atoms with E-state index in [1.165, 1.54) is 22.9 Å². The van der Waals surface area contributed by atoms with E-state index in [0.29, 0.717) is 12.2 Å². The molecular weight excluding hydrogens is 489 g/mol. The maximum Gasteiger partial charge on any atom is 0.356 e. The molecule has 2 atom stereocenters. The van der Waals surface area contributed by atoms with Crippen molar-refractivity contribution in [1.29, 1.82) is 0 Å². The average molecular weight is 516 g/mol. The standard InChI is InChI=1S/C26H27ClFN3O5/c27-20-12-19(28)11-10-18(20)16-36-25-13-22(26(33)34)30-31(25)14-24(32)29-21-8-4-5-9-23(21)35-15-17-6-2-1-3-7-17/h1-3,6-7,10-13,21,23H,4-5,8-9,14-16H2,(H,29,32)(H,33,34). The molecule has 2 aromatic carbocycles. The highest BCUT2D eigenvalue weighted by Gasteiger charge is 2.28. The number of halogens is 2. The van der Waals surface area contributed by atoms with Crippen LogP contribution in [0.4, 0.5) is 4.39 Å². The number of carbonyl (C=O) groups excluding carboxylic acids is 1. The van der Waals surface area contributed by atoms with Gasteiger partial charge in [-0.2, -0.15) is 5.10 Å². The van der Waals surface area contributed by atoms with Crippen LogP contribution < -0.4 is 10.1 Å². The number of rotatable bonds is 10.